The molecule has 1 saturated heterocycles. The number of halogens is 1. The predicted octanol–water partition coefficient (Wildman–Crippen LogP) is 1.38. The van der Waals surface area contributed by atoms with E-state index in [1.54, 1.807) is 6.92 Å². The molecule has 4 atom stereocenters. The molecular weight excluding hydrogens is 280 g/mol. The molecule has 16 heavy (non-hydrogen) atoms. The highest BCUT2D eigenvalue weighted by Crippen LogP contribution is 2.28. The van der Waals surface area contributed by atoms with Crippen molar-refractivity contribution in [1.29, 1.82) is 0 Å². The lowest BCUT2D eigenvalue weighted by Crippen LogP contribution is -2.49. The molecule has 0 bridgehead atoms. The van der Waals surface area contributed by atoms with Gasteiger partial charge < -0.3 is 14.2 Å². The van der Waals surface area contributed by atoms with E-state index in [9.17, 15) is 9.59 Å². The fourth-order valence-electron chi connectivity index (χ4n) is 1.68. The van der Waals surface area contributed by atoms with Gasteiger partial charge in [-0.2, -0.15) is 0 Å². The summed E-state index contributed by atoms with van der Waals surface area (Å²) in [5.41, 5.74) is 0. The van der Waals surface area contributed by atoms with Crippen LogP contribution < -0.4 is 0 Å². The van der Waals surface area contributed by atoms with Crippen molar-refractivity contribution in [2.75, 3.05) is 0 Å². The first kappa shape index (κ1) is 13.4. The molecule has 1 aliphatic rings. The molecule has 1 rings (SSSR count). The monoisotopic (exact) mass is 294 g/mol. The Morgan fingerprint density at radius 1 is 1.25 bits per heavy atom. The van der Waals surface area contributed by atoms with Crippen LogP contribution in [0, 0.1) is 0 Å². The quantitative estimate of drug-likeness (QED) is 0.569. The lowest BCUT2D eigenvalue weighted by molar-refractivity contribution is -0.193. The Morgan fingerprint density at radius 3 is 2.31 bits per heavy atom. The summed E-state index contributed by atoms with van der Waals surface area (Å²) in [5, 5.41) is -0.196. The van der Waals surface area contributed by atoms with Crippen LogP contribution in [0.2, 0.25) is 0 Å². The number of hydrogen-bond acceptors (Lipinski definition) is 5. The summed E-state index contributed by atoms with van der Waals surface area (Å²) >= 11 is 3.30. The Labute approximate surface area is 103 Å². The number of alkyl halides is 1. The van der Waals surface area contributed by atoms with Crippen molar-refractivity contribution in [3.8, 4) is 0 Å². The highest BCUT2D eigenvalue weighted by Gasteiger charge is 2.39. The lowest BCUT2D eigenvalue weighted by atomic mass is 10.0. The van der Waals surface area contributed by atoms with Crippen molar-refractivity contribution in [3.63, 3.8) is 0 Å². The van der Waals surface area contributed by atoms with Crippen LogP contribution in [0.3, 0.4) is 0 Å². The minimum absolute atomic E-state index is 0.196. The summed E-state index contributed by atoms with van der Waals surface area (Å²) in [5.74, 6) is -0.804. The van der Waals surface area contributed by atoms with Crippen LogP contribution in [0.25, 0.3) is 0 Å². The Balaban J connectivity index is 2.71. The number of esters is 2. The van der Waals surface area contributed by atoms with Gasteiger partial charge >= 0.3 is 11.9 Å². The molecule has 6 heteroatoms. The summed E-state index contributed by atoms with van der Waals surface area (Å²) in [4.78, 5) is 21.9. The van der Waals surface area contributed by atoms with Crippen molar-refractivity contribution in [2.45, 2.75) is 50.5 Å². The lowest BCUT2D eigenvalue weighted by Gasteiger charge is -2.37. The van der Waals surface area contributed by atoms with Gasteiger partial charge in [-0.25, -0.2) is 0 Å². The second kappa shape index (κ2) is 5.63. The van der Waals surface area contributed by atoms with Crippen LogP contribution in [0.5, 0.6) is 0 Å². The van der Waals surface area contributed by atoms with Crippen LogP contribution in [-0.2, 0) is 23.8 Å². The smallest absolute Gasteiger partial charge is 0.303 e. The Hall–Kier alpha value is -0.620. The minimum atomic E-state index is -0.546. The molecule has 0 N–H and O–H groups in total. The SMILES string of the molecule is CC(=O)O[C@H]1[C@@H](C)O[C@@H](Br)C[C@H]1OC(C)=O. The normalized spacial score (nSPS) is 34.2. The van der Waals surface area contributed by atoms with Gasteiger partial charge in [0.15, 0.2) is 6.10 Å². The zero-order valence-corrected chi connectivity index (χ0v) is 11.0. The molecule has 0 spiro atoms. The summed E-state index contributed by atoms with van der Waals surface area (Å²) < 4.78 is 15.7. The third kappa shape index (κ3) is 3.75. The Morgan fingerprint density at radius 2 is 1.81 bits per heavy atom. The van der Waals surface area contributed by atoms with Crippen molar-refractivity contribution in [2.24, 2.45) is 0 Å². The van der Waals surface area contributed by atoms with E-state index in [2.05, 4.69) is 15.9 Å². The number of carbonyl (C=O) groups excluding carboxylic acids is 2. The van der Waals surface area contributed by atoms with E-state index in [-0.39, 0.29) is 11.1 Å². The Kier molecular flexibility index (Phi) is 4.73. The van der Waals surface area contributed by atoms with E-state index in [1.807, 2.05) is 0 Å². The molecule has 0 saturated carbocycles. The molecule has 0 aromatic rings. The average Bonchev–Trinajstić information content (AvgIpc) is 2.09. The highest BCUT2D eigenvalue weighted by molar-refractivity contribution is 9.09. The molecule has 0 amide bonds. The number of ether oxygens (including phenoxy) is 3. The van der Waals surface area contributed by atoms with Gasteiger partial charge in [-0.05, 0) is 6.92 Å². The second-order valence-corrected chi connectivity index (χ2v) is 4.73. The van der Waals surface area contributed by atoms with E-state index in [0.717, 1.165) is 0 Å². The molecule has 92 valence electrons. The maximum atomic E-state index is 10.9. The summed E-state index contributed by atoms with van der Waals surface area (Å²) in [6, 6.07) is 0. The molecule has 1 aliphatic heterocycles. The van der Waals surface area contributed by atoms with Crippen LogP contribution >= 0.6 is 15.9 Å². The Bertz CT molecular complexity index is 280. The van der Waals surface area contributed by atoms with Crippen molar-refractivity contribution in [3.05, 3.63) is 0 Å². The minimum Gasteiger partial charge on any atom is -0.458 e. The van der Waals surface area contributed by atoms with E-state index in [1.165, 1.54) is 13.8 Å². The standard InChI is InChI=1S/C10H15BrO5/c1-5-10(16-7(3)13)8(15-6(2)12)4-9(11)14-5/h5,8-10H,4H2,1-3H3/t5-,8-,9-,10+/m1/s1. The van der Waals surface area contributed by atoms with E-state index < -0.39 is 24.1 Å². The molecule has 0 radical (unpaired) electrons. The van der Waals surface area contributed by atoms with Crippen LogP contribution in [0.1, 0.15) is 27.2 Å². The molecular formula is C10H15BrO5. The topological polar surface area (TPSA) is 61.8 Å². The first-order valence-electron chi connectivity index (χ1n) is 5.04. The maximum Gasteiger partial charge on any atom is 0.303 e. The van der Waals surface area contributed by atoms with Crippen LogP contribution in [-0.4, -0.2) is 35.3 Å². The van der Waals surface area contributed by atoms with E-state index in [4.69, 9.17) is 14.2 Å². The zero-order chi connectivity index (χ0) is 12.3. The van der Waals surface area contributed by atoms with Crippen molar-refractivity contribution >= 4 is 27.9 Å². The van der Waals surface area contributed by atoms with Gasteiger partial charge in [0.2, 0.25) is 0 Å². The van der Waals surface area contributed by atoms with E-state index >= 15 is 0 Å². The first-order valence-corrected chi connectivity index (χ1v) is 5.95. The molecule has 1 fully saturated rings. The molecule has 5 nitrogen and oxygen atoms in total. The fraction of sp³-hybridized carbons (Fsp3) is 0.800. The third-order valence-electron chi connectivity index (χ3n) is 2.23. The number of hydrogen-bond donors (Lipinski definition) is 0. The van der Waals surface area contributed by atoms with Gasteiger partial charge in [-0.15, -0.1) is 0 Å². The first-order chi connectivity index (χ1) is 7.40. The van der Waals surface area contributed by atoms with Gasteiger partial charge in [0.1, 0.15) is 11.1 Å². The number of rotatable bonds is 2. The van der Waals surface area contributed by atoms with Gasteiger partial charge in [0.05, 0.1) is 6.10 Å². The van der Waals surface area contributed by atoms with Crippen LogP contribution in [0.15, 0.2) is 0 Å². The maximum absolute atomic E-state index is 10.9. The van der Waals surface area contributed by atoms with Crippen LogP contribution in [0.4, 0.5) is 0 Å². The van der Waals surface area contributed by atoms with E-state index in [0.29, 0.717) is 6.42 Å². The molecule has 0 aromatic carbocycles. The second-order valence-electron chi connectivity index (χ2n) is 3.71. The molecule has 0 aliphatic carbocycles. The van der Waals surface area contributed by atoms with Gasteiger partial charge in [-0.3, -0.25) is 9.59 Å². The van der Waals surface area contributed by atoms with Crippen molar-refractivity contribution < 1.29 is 23.8 Å². The summed E-state index contributed by atoms with van der Waals surface area (Å²) in [6.45, 7) is 4.42. The largest absolute Gasteiger partial charge is 0.458 e. The molecule has 1 heterocycles. The average molecular weight is 295 g/mol. The fourth-order valence-corrected chi connectivity index (χ4v) is 2.39. The van der Waals surface area contributed by atoms with Gasteiger partial charge in [0.25, 0.3) is 0 Å². The number of carbonyl (C=O) groups is 2. The zero-order valence-electron chi connectivity index (χ0n) is 9.44. The van der Waals surface area contributed by atoms with Crippen molar-refractivity contribution in [1.82, 2.24) is 0 Å². The third-order valence-corrected chi connectivity index (χ3v) is 2.82. The molecule has 0 aromatic heterocycles. The molecule has 0 unspecified atom stereocenters. The van der Waals surface area contributed by atoms with Gasteiger partial charge in [-0.1, -0.05) is 15.9 Å². The van der Waals surface area contributed by atoms with Gasteiger partial charge in [0, 0.05) is 20.3 Å². The summed E-state index contributed by atoms with van der Waals surface area (Å²) in [7, 11) is 0. The summed E-state index contributed by atoms with van der Waals surface area (Å²) in [6.07, 6.45) is -0.863. The predicted molar refractivity (Wildman–Crippen MR) is 59.0 cm³/mol. The highest BCUT2D eigenvalue weighted by atomic mass is 79.9.